The molecule has 0 aliphatic heterocycles. The standard InChI is InChI=1S/C18H20N2O4/c1-10(2)13-5-7-14(8-6-13)17(22)20-19-12(4)16-15(21)9-11(3)24-18(16)23/h5-10,21H,1-4H3,(H,20,22)/b19-12+. The predicted octanol–water partition coefficient (Wildman–Crippen LogP) is 2.93. The zero-order chi connectivity index (χ0) is 17.9. The SMILES string of the molecule is C/C(=N\NC(=O)c1ccc(C(C)C)cc1)c1c(O)cc(C)oc1=O. The minimum Gasteiger partial charge on any atom is -0.507 e. The summed E-state index contributed by atoms with van der Waals surface area (Å²) in [6, 6.07) is 8.52. The Balaban J connectivity index is 2.18. The molecular formula is C18H20N2O4. The maximum absolute atomic E-state index is 12.1. The normalized spacial score (nSPS) is 11.6. The topological polar surface area (TPSA) is 91.9 Å². The van der Waals surface area contributed by atoms with Crippen LogP contribution in [0.4, 0.5) is 0 Å². The van der Waals surface area contributed by atoms with Gasteiger partial charge in [-0.2, -0.15) is 5.10 Å². The van der Waals surface area contributed by atoms with Crippen LogP contribution in [0.2, 0.25) is 0 Å². The van der Waals surface area contributed by atoms with Gasteiger partial charge in [0.05, 0.1) is 5.71 Å². The van der Waals surface area contributed by atoms with Crippen LogP contribution in [0, 0.1) is 6.92 Å². The van der Waals surface area contributed by atoms with E-state index < -0.39 is 11.5 Å². The van der Waals surface area contributed by atoms with Crippen LogP contribution in [0.15, 0.2) is 44.6 Å². The van der Waals surface area contributed by atoms with Crippen molar-refractivity contribution in [2.45, 2.75) is 33.6 Å². The van der Waals surface area contributed by atoms with Crippen molar-refractivity contribution in [1.82, 2.24) is 5.43 Å². The zero-order valence-electron chi connectivity index (χ0n) is 14.1. The molecule has 0 saturated carbocycles. The molecule has 2 rings (SSSR count). The van der Waals surface area contributed by atoms with Crippen LogP contribution < -0.4 is 11.1 Å². The number of aromatic hydroxyl groups is 1. The second-order valence-corrected chi connectivity index (χ2v) is 5.82. The summed E-state index contributed by atoms with van der Waals surface area (Å²) >= 11 is 0. The number of carbonyl (C=O) groups is 1. The third-order valence-corrected chi connectivity index (χ3v) is 3.58. The molecule has 1 aromatic heterocycles. The van der Waals surface area contributed by atoms with Gasteiger partial charge in [0.15, 0.2) is 0 Å². The van der Waals surface area contributed by atoms with E-state index in [-0.39, 0.29) is 17.0 Å². The van der Waals surface area contributed by atoms with Gasteiger partial charge < -0.3 is 9.52 Å². The molecule has 0 bridgehead atoms. The van der Waals surface area contributed by atoms with Gasteiger partial charge in [-0.05, 0) is 37.5 Å². The van der Waals surface area contributed by atoms with Crippen LogP contribution in [-0.2, 0) is 0 Å². The second kappa shape index (κ2) is 7.12. The summed E-state index contributed by atoms with van der Waals surface area (Å²) < 4.78 is 4.93. The van der Waals surface area contributed by atoms with Crippen molar-refractivity contribution in [1.29, 1.82) is 0 Å². The smallest absolute Gasteiger partial charge is 0.348 e. The molecule has 1 amide bonds. The van der Waals surface area contributed by atoms with Crippen molar-refractivity contribution in [2.75, 3.05) is 0 Å². The van der Waals surface area contributed by atoms with Crippen molar-refractivity contribution in [3.63, 3.8) is 0 Å². The number of hydrogen-bond donors (Lipinski definition) is 2. The van der Waals surface area contributed by atoms with Crippen LogP contribution in [0.5, 0.6) is 5.75 Å². The van der Waals surface area contributed by atoms with Crippen molar-refractivity contribution < 1.29 is 14.3 Å². The highest BCUT2D eigenvalue weighted by Crippen LogP contribution is 2.16. The van der Waals surface area contributed by atoms with Gasteiger partial charge in [-0.3, -0.25) is 4.79 Å². The average molecular weight is 328 g/mol. The monoisotopic (exact) mass is 328 g/mol. The molecule has 126 valence electrons. The fraction of sp³-hybridized carbons (Fsp3) is 0.278. The number of nitrogens with one attached hydrogen (secondary N) is 1. The quantitative estimate of drug-likeness (QED) is 0.667. The molecule has 0 spiro atoms. The van der Waals surface area contributed by atoms with Gasteiger partial charge in [0.2, 0.25) is 0 Å². The lowest BCUT2D eigenvalue weighted by Gasteiger charge is -2.07. The maximum Gasteiger partial charge on any atom is 0.348 e. The summed E-state index contributed by atoms with van der Waals surface area (Å²) in [4.78, 5) is 23.9. The van der Waals surface area contributed by atoms with Crippen LogP contribution in [-0.4, -0.2) is 16.7 Å². The number of nitrogens with zero attached hydrogens (tertiary/aromatic N) is 1. The Hall–Kier alpha value is -2.89. The lowest BCUT2D eigenvalue weighted by molar-refractivity contribution is 0.0954. The number of rotatable bonds is 4. The van der Waals surface area contributed by atoms with E-state index in [2.05, 4.69) is 24.4 Å². The van der Waals surface area contributed by atoms with E-state index >= 15 is 0 Å². The fourth-order valence-corrected chi connectivity index (χ4v) is 2.20. The molecule has 6 nitrogen and oxygen atoms in total. The van der Waals surface area contributed by atoms with Gasteiger partial charge in [0, 0.05) is 11.6 Å². The molecule has 0 unspecified atom stereocenters. The molecule has 0 atom stereocenters. The van der Waals surface area contributed by atoms with E-state index in [0.717, 1.165) is 5.56 Å². The molecule has 2 N–H and O–H groups in total. The summed E-state index contributed by atoms with van der Waals surface area (Å²) in [7, 11) is 0. The van der Waals surface area contributed by atoms with Gasteiger partial charge in [-0.1, -0.05) is 26.0 Å². The fourth-order valence-electron chi connectivity index (χ4n) is 2.20. The summed E-state index contributed by atoms with van der Waals surface area (Å²) in [5, 5.41) is 13.7. The zero-order valence-corrected chi connectivity index (χ0v) is 14.1. The molecule has 1 aromatic carbocycles. The van der Waals surface area contributed by atoms with Gasteiger partial charge >= 0.3 is 5.63 Å². The van der Waals surface area contributed by atoms with Gasteiger partial charge in [-0.25, -0.2) is 10.2 Å². The van der Waals surface area contributed by atoms with Crippen LogP contribution >= 0.6 is 0 Å². The first-order chi connectivity index (χ1) is 11.3. The highest BCUT2D eigenvalue weighted by atomic mass is 16.4. The number of benzene rings is 1. The highest BCUT2D eigenvalue weighted by molar-refractivity contribution is 6.02. The highest BCUT2D eigenvalue weighted by Gasteiger charge is 2.14. The Kier molecular flexibility index (Phi) is 5.18. The molecule has 24 heavy (non-hydrogen) atoms. The van der Waals surface area contributed by atoms with E-state index in [1.165, 1.54) is 13.0 Å². The molecular weight excluding hydrogens is 308 g/mol. The van der Waals surface area contributed by atoms with Gasteiger partial charge in [0.25, 0.3) is 5.91 Å². The number of hydrogen-bond acceptors (Lipinski definition) is 5. The first kappa shape index (κ1) is 17.5. The third kappa shape index (κ3) is 3.90. The van der Waals surface area contributed by atoms with E-state index in [4.69, 9.17) is 4.42 Å². The lowest BCUT2D eigenvalue weighted by Crippen LogP contribution is -2.21. The van der Waals surface area contributed by atoms with Crippen molar-refractivity contribution in [3.05, 3.63) is 63.2 Å². The summed E-state index contributed by atoms with van der Waals surface area (Å²) in [6.07, 6.45) is 0. The number of carbonyl (C=O) groups excluding carboxylic acids is 1. The maximum atomic E-state index is 12.1. The largest absolute Gasteiger partial charge is 0.507 e. The molecule has 0 fully saturated rings. The molecule has 0 saturated heterocycles. The molecule has 6 heteroatoms. The molecule has 0 aliphatic carbocycles. The molecule has 1 heterocycles. The van der Waals surface area contributed by atoms with E-state index in [1.54, 1.807) is 19.1 Å². The Labute approximate surface area is 139 Å². The van der Waals surface area contributed by atoms with Crippen LogP contribution in [0.3, 0.4) is 0 Å². The molecule has 0 aliphatic rings. The van der Waals surface area contributed by atoms with Crippen molar-refractivity contribution >= 4 is 11.6 Å². The van der Waals surface area contributed by atoms with Crippen molar-refractivity contribution in [3.8, 4) is 5.75 Å². The van der Waals surface area contributed by atoms with Crippen LogP contribution in [0.25, 0.3) is 0 Å². The average Bonchev–Trinajstić information content (AvgIpc) is 2.51. The van der Waals surface area contributed by atoms with E-state index in [9.17, 15) is 14.7 Å². The van der Waals surface area contributed by atoms with Gasteiger partial charge in [-0.15, -0.1) is 0 Å². The number of hydrazone groups is 1. The second-order valence-electron chi connectivity index (χ2n) is 5.82. The Bertz CT molecular complexity index is 833. The van der Waals surface area contributed by atoms with Crippen molar-refractivity contribution in [2.24, 2.45) is 5.10 Å². The van der Waals surface area contributed by atoms with E-state index in [1.807, 2.05) is 12.1 Å². The summed E-state index contributed by atoms with van der Waals surface area (Å²) in [5.41, 5.74) is 3.34. The number of amides is 1. The van der Waals surface area contributed by atoms with E-state index in [0.29, 0.717) is 17.2 Å². The minimum absolute atomic E-state index is 0.0731. The predicted molar refractivity (Wildman–Crippen MR) is 91.6 cm³/mol. The lowest BCUT2D eigenvalue weighted by atomic mass is 10.0. The Morgan fingerprint density at radius 2 is 1.88 bits per heavy atom. The summed E-state index contributed by atoms with van der Waals surface area (Å²) in [6.45, 7) is 7.20. The summed E-state index contributed by atoms with van der Waals surface area (Å²) in [5.74, 6) is 0.0376. The van der Waals surface area contributed by atoms with Crippen LogP contribution in [0.1, 0.15) is 53.9 Å². The first-order valence-corrected chi connectivity index (χ1v) is 7.58. The number of aryl methyl sites for hydroxylation is 1. The Morgan fingerprint density at radius 3 is 2.42 bits per heavy atom. The molecule has 2 aromatic rings. The van der Waals surface area contributed by atoms with Gasteiger partial charge in [0.1, 0.15) is 17.1 Å². The third-order valence-electron chi connectivity index (χ3n) is 3.58. The molecule has 0 radical (unpaired) electrons. The first-order valence-electron chi connectivity index (χ1n) is 7.58. The Morgan fingerprint density at radius 1 is 1.25 bits per heavy atom. The minimum atomic E-state index is -0.704.